The van der Waals surface area contributed by atoms with Gasteiger partial charge in [-0.05, 0) is 40.5 Å². The number of alkyl halides is 3. The summed E-state index contributed by atoms with van der Waals surface area (Å²) < 4.78 is 43.0. The molecule has 0 aliphatic carbocycles. The van der Waals surface area contributed by atoms with Crippen LogP contribution in [0.3, 0.4) is 0 Å². The van der Waals surface area contributed by atoms with Gasteiger partial charge < -0.3 is 15.0 Å². The Bertz CT molecular complexity index is 599. The van der Waals surface area contributed by atoms with Crippen molar-refractivity contribution in [1.29, 1.82) is 0 Å². The number of carbonyl (C=O) groups is 1. The summed E-state index contributed by atoms with van der Waals surface area (Å²) in [6.45, 7) is 7.85. The van der Waals surface area contributed by atoms with Gasteiger partial charge in [0, 0.05) is 12.6 Å². The largest absolute Gasteiger partial charge is 0.444 e. The quantitative estimate of drug-likeness (QED) is 0.871. The topological polar surface area (TPSA) is 67.4 Å². The minimum absolute atomic E-state index is 0.146. The van der Waals surface area contributed by atoms with Crippen molar-refractivity contribution < 1.29 is 22.7 Å². The van der Waals surface area contributed by atoms with Gasteiger partial charge >= 0.3 is 12.3 Å². The molecule has 140 valence electrons. The van der Waals surface area contributed by atoms with Crippen LogP contribution in [0.2, 0.25) is 0 Å². The SMILES string of the molecule is C[C@H]1[C@H](Nc2cnc(C(F)(F)F)cn2)CCCN1C(=O)OC(C)(C)C. The van der Waals surface area contributed by atoms with Crippen LogP contribution in [0.1, 0.15) is 46.2 Å². The summed E-state index contributed by atoms with van der Waals surface area (Å²) in [5.74, 6) is 0.246. The predicted molar refractivity (Wildman–Crippen MR) is 86.1 cm³/mol. The zero-order valence-corrected chi connectivity index (χ0v) is 14.7. The first-order valence-electron chi connectivity index (χ1n) is 8.13. The molecule has 1 fully saturated rings. The van der Waals surface area contributed by atoms with Gasteiger partial charge in [-0.3, -0.25) is 0 Å². The van der Waals surface area contributed by atoms with Gasteiger partial charge in [-0.25, -0.2) is 14.8 Å². The Balaban J connectivity index is 2.03. The van der Waals surface area contributed by atoms with E-state index in [1.54, 1.807) is 25.7 Å². The maximum Gasteiger partial charge on any atom is 0.434 e. The smallest absolute Gasteiger partial charge is 0.434 e. The van der Waals surface area contributed by atoms with Crippen molar-refractivity contribution in [2.75, 3.05) is 11.9 Å². The lowest BCUT2D eigenvalue weighted by molar-refractivity contribution is -0.141. The molecule has 2 heterocycles. The fourth-order valence-corrected chi connectivity index (χ4v) is 2.65. The summed E-state index contributed by atoms with van der Waals surface area (Å²) in [5, 5.41) is 3.07. The maximum atomic E-state index is 12.5. The van der Waals surface area contributed by atoms with Crippen molar-refractivity contribution in [1.82, 2.24) is 14.9 Å². The van der Waals surface area contributed by atoms with Crippen LogP contribution in [0.5, 0.6) is 0 Å². The summed E-state index contributed by atoms with van der Waals surface area (Å²) in [4.78, 5) is 21.1. The highest BCUT2D eigenvalue weighted by Crippen LogP contribution is 2.27. The highest BCUT2D eigenvalue weighted by Gasteiger charge is 2.35. The Kier molecular flexibility index (Phi) is 5.43. The Labute approximate surface area is 144 Å². The number of ether oxygens (including phenoxy) is 1. The van der Waals surface area contributed by atoms with Crippen molar-refractivity contribution in [2.24, 2.45) is 0 Å². The average molecular weight is 360 g/mol. The number of nitrogens with zero attached hydrogens (tertiary/aromatic N) is 3. The van der Waals surface area contributed by atoms with Crippen molar-refractivity contribution >= 4 is 11.9 Å². The van der Waals surface area contributed by atoms with Crippen LogP contribution < -0.4 is 5.32 Å². The second-order valence-electron chi connectivity index (χ2n) is 7.09. The number of carbonyl (C=O) groups excluding carboxylic acids is 1. The third-order valence-electron chi connectivity index (χ3n) is 3.89. The number of rotatable bonds is 2. The molecule has 1 N–H and O–H groups in total. The van der Waals surface area contributed by atoms with E-state index in [0.29, 0.717) is 12.7 Å². The lowest BCUT2D eigenvalue weighted by Gasteiger charge is -2.40. The van der Waals surface area contributed by atoms with E-state index in [-0.39, 0.29) is 17.9 Å². The maximum absolute atomic E-state index is 12.5. The molecule has 2 atom stereocenters. The Morgan fingerprint density at radius 3 is 2.48 bits per heavy atom. The van der Waals surface area contributed by atoms with E-state index < -0.39 is 23.6 Å². The number of likely N-dealkylation sites (tertiary alicyclic amines) is 1. The lowest BCUT2D eigenvalue weighted by Crippen LogP contribution is -2.53. The van der Waals surface area contributed by atoms with E-state index in [1.807, 2.05) is 6.92 Å². The Hall–Kier alpha value is -2.06. The molecule has 1 saturated heterocycles. The first-order chi connectivity index (χ1) is 11.5. The number of aromatic nitrogens is 2. The van der Waals surface area contributed by atoms with E-state index in [9.17, 15) is 18.0 Å². The summed E-state index contributed by atoms with van der Waals surface area (Å²) in [6.07, 6.45) is -1.64. The number of nitrogens with one attached hydrogen (secondary N) is 1. The minimum atomic E-state index is -4.52. The van der Waals surface area contributed by atoms with Gasteiger partial charge in [0.2, 0.25) is 0 Å². The van der Waals surface area contributed by atoms with E-state index >= 15 is 0 Å². The highest BCUT2D eigenvalue weighted by atomic mass is 19.4. The van der Waals surface area contributed by atoms with E-state index in [2.05, 4.69) is 15.3 Å². The molecule has 1 amide bonds. The van der Waals surface area contributed by atoms with Crippen LogP contribution in [0.25, 0.3) is 0 Å². The first-order valence-corrected chi connectivity index (χ1v) is 8.13. The zero-order chi connectivity index (χ0) is 18.8. The summed E-state index contributed by atoms with van der Waals surface area (Å²) in [5.41, 5.74) is -1.62. The molecular weight excluding hydrogens is 337 g/mol. The lowest BCUT2D eigenvalue weighted by atomic mass is 9.98. The van der Waals surface area contributed by atoms with E-state index in [1.165, 1.54) is 0 Å². The normalized spacial score (nSPS) is 21.8. The molecule has 0 spiro atoms. The molecule has 1 aromatic heterocycles. The van der Waals surface area contributed by atoms with Gasteiger partial charge in [0.05, 0.1) is 18.4 Å². The number of halogens is 3. The van der Waals surface area contributed by atoms with E-state index in [0.717, 1.165) is 19.0 Å². The van der Waals surface area contributed by atoms with Gasteiger partial charge in [0.15, 0.2) is 5.69 Å². The molecule has 0 radical (unpaired) electrons. The third kappa shape index (κ3) is 5.20. The van der Waals surface area contributed by atoms with Gasteiger partial charge in [-0.1, -0.05) is 0 Å². The van der Waals surface area contributed by atoms with Crippen molar-refractivity contribution in [3.8, 4) is 0 Å². The van der Waals surface area contributed by atoms with Gasteiger partial charge in [0.1, 0.15) is 11.4 Å². The number of amides is 1. The van der Waals surface area contributed by atoms with Crippen LogP contribution in [0.15, 0.2) is 12.4 Å². The molecule has 1 aliphatic heterocycles. The van der Waals surface area contributed by atoms with Crippen molar-refractivity contribution in [3.05, 3.63) is 18.1 Å². The molecule has 2 rings (SSSR count). The van der Waals surface area contributed by atoms with Crippen molar-refractivity contribution in [3.63, 3.8) is 0 Å². The Morgan fingerprint density at radius 1 is 1.28 bits per heavy atom. The molecule has 1 aromatic rings. The molecule has 1 aliphatic rings. The number of hydrogen-bond donors (Lipinski definition) is 1. The number of piperidine rings is 1. The number of anilines is 1. The first kappa shape index (κ1) is 19.3. The molecule has 0 bridgehead atoms. The second kappa shape index (κ2) is 7.05. The molecule has 6 nitrogen and oxygen atoms in total. The number of hydrogen-bond acceptors (Lipinski definition) is 5. The fourth-order valence-electron chi connectivity index (χ4n) is 2.65. The van der Waals surface area contributed by atoms with E-state index in [4.69, 9.17) is 4.74 Å². The minimum Gasteiger partial charge on any atom is -0.444 e. The molecule has 9 heteroatoms. The Morgan fingerprint density at radius 2 is 1.96 bits per heavy atom. The van der Waals surface area contributed by atoms with Gasteiger partial charge in [-0.15, -0.1) is 0 Å². The predicted octanol–water partition coefficient (Wildman–Crippen LogP) is 3.70. The summed E-state index contributed by atoms with van der Waals surface area (Å²) in [7, 11) is 0. The monoisotopic (exact) mass is 360 g/mol. The van der Waals surface area contributed by atoms with Gasteiger partial charge in [-0.2, -0.15) is 13.2 Å². The fraction of sp³-hybridized carbons (Fsp3) is 0.688. The van der Waals surface area contributed by atoms with Crippen LogP contribution in [0, 0.1) is 0 Å². The molecule has 0 unspecified atom stereocenters. The summed E-state index contributed by atoms with van der Waals surface area (Å²) >= 11 is 0. The average Bonchev–Trinajstić information content (AvgIpc) is 2.47. The molecule has 0 aromatic carbocycles. The van der Waals surface area contributed by atoms with Crippen LogP contribution in [-0.2, 0) is 10.9 Å². The molecule has 0 saturated carbocycles. The summed E-state index contributed by atoms with van der Waals surface area (Å²) in [6, 6.07) is -0.333. The third-order valence-corrected chi connectivity index (χ3v) is 3.89. The highest BCUT2D eigenvalue weighted by molar-refractivity contribution is 5.69. The standard InChI is InChI=1S/C16H23F3N4O2/c1-10-11(6-5-7-23(10)14(24)25-15(2,3)4)22-13-9-20-12(8-21-13)16(17,18)19/h8-11H,5-7H2,1-4H3,(H,21,22)/t10-,11+/m0/s1. The van der Waals surface area contributed by atoms with Crippen LogP contribution in [0.4, 0.5) is 23.8 Å². The van der Waals surface area contributed by atoms with Crippen molar-refractivity contribution in [2.45, 2.75) is 64.4 Å². The van der Waals surface area contributed by atoms with Gasteiger partial charge in [0.25, 0.3) is 0 Å². The zero-order valence-electron chi connectivity index (χ0n) is 14.7. The van der Waals surface area contributed by atoms with Crippen LogP contribution >= 0.6 is 0 Å². The molecule has 25 heavy (non-hydrogen) atoms. The molecular formula is C16H23F3N4O2. The van der Waals surface area contributed by atoms with Crippen LogP contribution in [-0.4, -0.2) is 45.2 Å². The second-order valence-corrected chi connectivity index (χ2v) is 7.09.